The molecule has 1 N–H and O–H groups in total. The van der Waals surface area contributed by atoms with E-state index in [4.69, 9.17) is 4.74 Å². The molecular formula is C22H27N3O4S. The molecule has 0 radical (unpaired) electrons. The topological polar surface area (TPSA) is 88.6 Å². The molecule has 1 aliphatic heterocycles. The fourth-order valence-electron chi connectivity index (χ4n) is 3.63. The number of aromatic nitrogens is 1. The van der Waals surface area contributed by atoms with Gasteiger partial charge in [-0.05, 0) is 31.7 Å². The Hall–Kier alpha value is -2.74. The quantitative estimate of drug-likeness (QED) is 0.683. The molecule has 1 aliphatic rings. The summed E-state index contributed by atoms with van der Waals surface area (Å²) in [6, 6.07) is 9.86. The van der Waals surface area contributed by atoms with Crippen molar-refractivity contribution in [3.05, 3.63) is 52.0 Å². The van der Waals surface area contributed by atoms with Crippen LogP contribution in [0.2, 0.25) is 0 Å². The van der Waals surface area contributed by atoms with Crippen molar-refractivity contribution in [2.75, 3.05) is 19.7 Å². The lowest BCUT2D eigenvalue weighted by atomic mass is 9.93. The van der Waals surface area contributed by atoms with Gasteiger partial charge in [0.2, 0.25) is 10.9 Å². The van der Waals surface area contributed by atoms with Crippen LogP contribution in [0.5, 0.6) is 0 Å². The Balaban J connectivity index is 1.52. The van der Waals surface area contributed by atoms with Gasteiger partial charge in [-0.2, -0.15) is 0 Å². The van der Waals surface area contributed by atoms with E-state index in [0.29, 0.717) is 30.8 Å². The van der Waals surface area contributed by atoms with Crippen LogP contribution in [0.15, 0.2) is 36.5 Å². The Labute approximate surface area is 180 Å². The summed E-state index contributed by atoms with van der Waals surface area (Å²) in [4.78, 5) is 43.4. The van der Waals surface area contributed by atoms with E-state index in [1.165, 1.54) is 6.20 Å². The highest BCUT2D eigenvalue weighted by molar-refractivity contribution is 7.15. The minimum absolute atomic E-state index is 0.00787. The van der Waals surface area contributed by atoms with Gasteiger partial charge in [0.05, 0.1) is 18.7 Å². The number of rotatable bonds is 7. The van der Waals surface area contributed by atoms with Crippen molar-refractivity contribution < 1.29 is 19.1 Å². The normalized spacial score (nSPS) is 15.5. The number of piperidine rings is 1. The molecule has 1 atom stereocenters. The molecule has 2 amide bonds. The van der Waals surface area contributed by atoms with Crippen LogP contribution < -0.4 is 5.32 Å². The monoisotopic (exact) mass is 429 g/mol. The highest BCUT2D eigenvalue weighted by Gasteiger charge is 2.29. The highest BCUT2D eigenvalue weighted by atomic mass is 32.1. The molecule has 0 aliphatic carbocycles. The first-order valence-corrected chi connectivity index (χ1v) is 11.1. The number of esters is 1. The van der Waals surface area contributed by atoms with Crippen LogP contribution >= 0.6 is 11.3 Å². The number of amides is 2. The van der Waals surface area contributed by atoms with Crippen LogP contribution in [-0.2, 0) is 9.53 Å². The van der Waals surface area contributed by atoms with Crippen LogP contribution in [0.4, 0.5) is 0 Å². The molecule has 7 nitrogen and oxygen atoms in total. The molecule has 3 rings (SSSR count). The lowest BCUT2D eigenvalue weighted by molar-refractivity contribution is -0.134. The van der Waals surface area contributed by atoms with Gasteiger partial charge in [0.15, 0.2) is 0 Å². The first-order chi connectivity index (χ1) is 14.5. The van der Waals surface area contributed by atoms with Crippen molar-refractivity contribution in [3.8, 4) is 0 Å². The molecule has 0 unspecified atom stereocenters. The molecule has 1 aromatic carbocycles. The van der Waals surface area contributed by atoms with Gasteiger partial charge in [-0.3, -0.25) is 9.59 Å². The zero-order valence-corrected chi connectivity index (χ0v) is 18.1. The zero-order chi connectivity index (χ0) is 21.5. The summed E-state index contributed by atoms with van der Waals surface area (Å²) in [7, 11) is 0. The van der Waals surface area contributed by atoms with Crippen LogP contribution in [-0.4, -0.2) is 53.4 Å². The Morgan fingerprint density at radius 3 is 2.53 bits per heavy atom. The summed E-state index contributed by atoms with van der Waals surface area (Å²) in [5.41, 5.74) is 1.04. The molecule has 1 saturated heterocycles. The van der Waals surface area contributed by atoms with E-state index >= 15 is 0 Å². The number of thiazole rings is 1. The van der Waals surface area contributed by atoms with E-state index in [9.17, 15) is 14.4 Å². The van der Waals surface area contributed by atoms with Gasteiger partial charge in [-0.15, -0.1) is 11.3 Å². The maximum absolute atomic E-state index is 13.0. The van der Waals surface area contributed by atoms with Crippen molar-refractivity contribution in [2.24, 2.45) is 0 Å². The van der Waals surface area contributed by atoms with Gasteiger partial charge in [-0.1, -0.05) is 37.3 Å². The third-order valence-electron chi connectivity index (χ3n) is 5.23. The van der Waals surface area contributed by atoms with Crippen LogP contribution in [0, 0.1) is 0 Å². The summed E-state index contributed by atoms with van der Waals surface area (Å²) in [5, 5.41) is 3.17. The van der Waals surface area contributed by atoms with Crippen LogP contribution in [0.3, 0.4) is 0 Å². The molecule has 2 heterocycles. The van der Waals surface area contributed by atoms with E-state index < -0.39 is 5.97 Å². The van der Waals surface area contributed by atoms with E-state index in [2.05, 4.69) is 10.3 Å². The smallest absolute Gasteiger partial charge is 0.367 e. The van der Waals surface area contributed by atoms with Crippen molar-refractivity contribution in [1.82, 2.24) is 15.2 Å². The summed E-state index contributed by atoms with van der Waals surface area (Å²) in [5.74, 6) is -0.744. The van der Waals surface area contributed by atoms with Gasteiger partial charge >= 0.3 is 5.97 Å². The number of nitrogens with zero attached hydrogens (tertiary/aromatic N) is 2. The minimum atomic E-state index is -0.516. The first kappa shape index (κ1) is 22.0. The second-order valence-corrected chi connectivity index (χ2v) is 8.23. The largest absolute Gasteiger partial charge is 0.461 e. The summed E-state index contributed by atoms with van der Waals surface area (Å²) in [6.45, 7) is 5.25. The van der Waals surface area contributed by atoms with Crippen molar-refractivity contribution >= 4 is 29.1 Å². The Bertz CT molecular complexity index is 876. The highest BCUT2D eigenvalue weighted by Crippen LogP contribution is 2.24. The molecule has 1 fully saturated rings. The third-order valence-corrected chi connectivity index (χ3v) is 6.21. The summed E-state index contributed by atoms with van der Waals surface area (Å²) < 4.78 is 4.91. The zero-order valence-electron chi connectivity index (χ0n) is 17.3. The van der Waals surface area contributed by atoms with Crippen molar-refractivity contribution in [3.63, 3.8) is 0 Å². The van der Waals surface area contributed by atoms with Crippen LogP contribution in [0.1, 0.15) is 64.1 Å². The fraction of sp³-hybridized carbons (Fsp3) is 0.455. The van der Waals surface area contributed by atoms with Gasteiger partial charge < -0.3 is 15.0 Å². The number of benzene rings is 1. The SMILES string of the molecule is CCOC(=O)c1ncc(C(=O)NC2CCN(C(=O)[C@H](CC)c3ccccc3)CC2)s1. The number of hydrogen-bond donors (Lipinski definition) is 1. The Kier molecular flexibility index (Phi) is 7.57. The first-order valence-electron chi connectivity index (χ1n) is 10.3. The number of nitrogens with one attached hydrogen (secondary N) is 1. The van der Waals surface area contributed by atoms with Crippen molar-refractivity contribution in [1.29, 1.82) is 0 Å². The summed E-state index contributed by atoms with van der Waals surface area (Å²) in [6.07, 6.45) is 3.56. The molecule has 0 bridgehead atoms. The maximum atomic E-state index is 13.0. The van der Waals surface area contributed by atoms with E-state index in [0.717, 1.165) is 23.3 Å². The van der Waals surface area contributed by atoms with Gasteiger partial charge in [-0.25, -0.2) is 9.78 Å². The molecule has 2 aromatic rings. The Morgan fingerprint density at radius 1 is 1.20 bits per heavy atom. The molecule has 0 saturated carbocycles. The number of carbonyl (C=O) groups is 3. The average Bonchev–Trinajstić information content (AvgIpc) is 3.26. The van der Waals surface area contributed by atoms with E-state index in [1.807, 2.05) is 42.2 Å². The maximum Gasteiger partial charge on any atom is 0.367 e. The standard InChI is InChI=1S/C22H27N3O4S/c1-3-17(15-8-6-5-7-9-15)21(27)25-12-10-16(11-13-25)24-19(26)18-14-23-20(30-18)22(28)29-4-2/h5-9,14,16-17H,3-4,10-13H2,1-2H3,(H,24,26)/t17-/m1/s1. The lowest BCUT2D eigenvalue weighted by Crippen LogP contribution is -2.47. The minimum Gasteiger partial charge on any atom is -0.461 e. The predicted molar refractivity (Wildman–Crippen MR) is 115 cm³/mol. The number of likely N-dealkylation sites (tertiary alicyclic amines) is 1. The molecule has 160 valence electrons. The van der Waals surface area contributed by atoms with Gasteiger partial charge in [0, 0.05) is 19.1 Å². The summed E-state index contributed by atoms with van der Waals surface area (Å²) >= 11 is 1.03. The second kappa shape index (κ2) is 10.3. The number of hydrogen-bond acceptors (Lipinski definition) is 6. The van der Waals surface area contributed by atoms with Gasteiger partial charge in [0.25, 0.3) is 5.91 Å². The van der Waals surface area contributed by atoms with E-state index in [-0.39, 0.29) is 35.4 Å². The lowest BCUT2D eigenvalue weighted by Gasteiger charge is -2.34. The molecule has 30 heavy (non-hydrogen) atoms. The number of carbonyl (C=O) groups excluding carboxylic acids is 3. The molecule has 0 spiro atoms. The predicted octanol–water partition coefficient (Wildman–Crippen LogP) is 3.23. The van der Waals surface area contributed by atoms with E-state index in [1.54, 1.807) is 6.92 Å². The van der Waals surface area contributed by atoms with Crippen molar-refractivity contribution in [2.45, 2.75) is 45.1 Å². The second-order valence-electron chi connectivity index (χ2n) is 7.19. The third kappa shape index (κ3) is 5.24. The average molecular weight is 430 g/mol. The fourth-order valence-corrected chi connectivity index (χ4v) is 4.34. The van der Waals surface area contributed by atoms with Crippen LogP contribution in [0.25, 0.3) is 0 Å². The van der Waals surface area contributed by atoms with Gasteiger partial charge in [0.1, 0.15) is 4.88 Å². The Morgan fingerprint density at radius 2 is 1.90 bits per heavy atom. The molecular weight excluding hydrogens is 402 g/mol. The molecule has 1 aromatic heterocycles. The molecule has 8 heteroatoms. The number of ether oxygens (including phenoxy) is 1.